The molecule has 8 nitrogen and oxygen atoms in total. The van der Waals surface area contributed by atoms with Crippen molar-refractivity contribution in [3.05, 3.63) is 39.5 Å². The van der Waals surface area contributed by atoms with Gasteiger partial charge in [0.2, 0.25) is 11.8 Å². The Balaban J connectivity index is 1.81. The van der Waals surface area contributed by atoms with Crippen molar-refractivity contribution in [3.8, 4) is 0 Å². The van der Waals surface area contributed by atoms with Crippen LogP contribution >= 0.6 is 23.4 Å². The molecule has 0 fully saturated rings. The van der Waals surface area contributed by atoms with Gasteiger partial charge in [0.05, 0.1) is 16.7 Å². The second-order valence-electron chi connectivity index (χ2n) is 7.30. The number of carbonyl (C=O) groups is 1. The molecule has 3 rings (SSSR count). The molecule has 2 aromatic heterocycles. The van der Waals surface area contributed by atoms with Crippen molar-refractivity contribution in [2.75, 3.05) is 11.1 Å². The SMILES string of the molecule is CC(C)Cn1c(SCC(=O)Nc2nnc(C(C)C)o2)nc2ccc(Cl)cc2c1=O. The van der Waals surface area contributed by atoms with Gasteiger partial charge in [-0.25, -0.2) is 4.98 Å². The lowest BCUT2D eigenvalue weighted by molar-refractivity contribution is -0.113. The van der Waals surface area contributed by atoms with Gasteiger partial charge in [-0.1, -0.05) is 56.2 Å². The monoisotopic (exact) mass is 435 g/mol. The fourth-order valence-electron chi connectivity index (χ4n) is 2.61. The van der Waals surface area contributed by atoms with Crippen LogP contribution in [0.3, 0.4) is 0 Å². The number of nitrogens with zero attached hydrogens (tertiary/aromatic N) is 4. The molecule has 0 unspecified atom stereocenters. The number of aromatic nitrogens is 4. The van der Waals surface area contributed by atoms with E-state index in [1.165, 1.54) is 11.8 Å². The number of thioether (sulfide) groups is 1. The number of benzene rings is 1. The summed E-state index contributed by atoms with van der Waals surface area (Å²) in [5.74, 6) is 0.475. The van der Waals surface area contributed by atoms with Gasteiger partial charge in [0, 0.05) is 17.5 Å². The van der Waals surface area contributed by atoms with E-state index in [0.717, 1.165) is 0 Å². The Morgan fingerprint density at radius 2 is 2.03 bits per heavy atom. The van der Waals surface area contributed by atoms with Gasteiger partial charge in [-0.15, -0.1) is 5.10 Å². The van der Waals surface area contributed by atoms with Crippen molar-refractivity contribution in [2.24, 2.45) is 5.92 Å². The molecule has 2 heterocycles. The Morgan fingerprint density at radius 3 is 2.69 bits per heavy atom. The standard InChI is InChI=1S/C19H22ClN5O3S/c1-10(2)8-25-17(27)13-7-12(20)5-6-14(13)21-19(25)29-9-15(26)22-18-24-23-16(28-18)11(3)4/h5-7,10-11H,8-9H2,1-4H3,(H,22,24,26). The number of fused-ring (bicyclic) bond motifs is 1. The summed E-state index contributed by atoms with van der Waals surface area (Å²) in [7, 11) is 0. The summed E-state index contributed by atoms with van der Waals surface area (Å²) in [5.41, 5.74) is 0.369. The molecule has 29 heavy (non-hydrogen) atoms. The molecule has 0 aliphatic rings. The molecule has 1 amide bonds. The first kappa shape index (κ1) is 21.3. The first-order chi connectivity index (χ1) is 13.7. The highest BCUT2D eigenvalue weighted by Gasteiger charge is 2.16. The molecule has 10 heteroatoms. The van der Waals surface area contributed by atoms with E-state index in [0.29, 0.717) is 33.5 Å². The van der Waals surface area contributed by atoms with E-state index in [4.69, 9.17) is 16.0 Å². The van der Waals surface area contributed by atoms with Gasteiger partial charge in [-0.2, -0.15) is 0 Å². The summed E-state index contributed by atoms with van der Waals surface area (Å²) >= 11 is 7.22. The highest BCUT2D eigenvalue weighted by atomic mass is 35.5. The predicted octanol–water partition coefficient (Wildman–Crippen LogP) is 3.94. The third kappa shape index (κ3) is 5.16. The largest absolute Gasteiger partial charge is 0.408 e. The Morgan fingerprint density at radius 1 is 1.28 bits per heavy atom. The summed E-state index contributed by atoms with van der Waals surface area (Å²) in [6, 6.07) is 5.06. The summed E-state index contributed by atoms with van der Waals surface area (Å²) in [6.07, 6.45) is 0. The highest BCUT2D eigenvalue weighted by Crippen LogP contribution is 2.22. The zero-order valence-electron chi connectivity index (χ0n) is 16.6. The fourth-order valence-corrected chi connectivity index (χ4v) is 3.59. The van der Waals surface area contributed by atoms with E-state index < -0.39 is 0 Å². The topological polar surface area (TPSA) is 103 Å². The van der Waals surface area contributed by atoms with Crippen LogP contribution in [-0.4, -0.2) is 31.4 Å². The van der Waals surface area contributed by atoms with E-state index in [1.807, 2.05) is 27.7 Å². The lowest BCUT2D eigenvalue weighted by atomic mass is 10.2. The first-order valence-corrected chi connectivity index (χ1v) is 10.6. The maximum Gasteiger partial charge on any atom is 0.322 e. The van der Waals surface area contributed by atoms with E-state index in [2.05, 4.69) is 20.5 Å². The number of rotatable bonds is 7. The van der Waals surface area contributed by atoms with Crippen LogP contribution in [0.4, 0.5) is 6.01 Å². The van der Waals surface area contributed by atoms with Crippen molar-refractivity contribution >= 4 is 46.2 Å². The molecule has 0 aliphatic carbocycles. The summed E-state index contributed by atoms with van der Waals surface area (Å²) < 4.78 is 6.97. The lowest BCUT2D eigenvalue weighted by Gasteiger charge is -2.14. The third-order valence-corrected chi connectivity index (χ3v) is 5.15. The van der Waals surface area contributed by atoms with Crippen LogP contribution in [0.25, 0.3) is 10.9 Å². The number of nitrogens with one attached hydrogen (secondary N) is 1. The average molecular weight is 436 g/mol. The van der Waals surface area contributed by atoms with Crippen molar-refractivity contribution in [1.82, 2.24) is 19.7 Å². The Kier molecular flexibility index (Phi) is 6.59. The second-order valence-corrected chi connectivity index (χ2v) is 8.68. The number of hydrogen-bond donors (Lipinski definition) is 1. The number of hydrogen-bond acceptors (Lipinski definition) is 7. The maximum absolute atomic E-state index is 13.0. The van der Waals surface area contributed by atoms with Crippen LogP contribution in [0.15, 0.2) is 32.6 Å². The molecule has 0 aliphatic heterocycles. The van der Waals surface area contributed by atoms with Crippen molar-refractivity contribution in [3.63, 3.8) is 0 Å². The minimum atomic E-state index is -0.324. The second kappa shape index (κ2) is 8.96. The predicted molar refractivity (Wildman–Crippen MR) is 114 cm³/mol. The molecule has 0 atom stereocenters. The fraction of sp³-hybridized carbons (Fsp3) is 0.421. The molecule has 3 aromatic rings. The minimum Gasteiger partial charge on any atom is -0.408 e. The van der Waals surface area contributed by atoms with E-state index in [9.17, 15) is 9.59 Å². The maximum atomic E-state index is 13.0. The van der Waals surface area contributed by atoms with E-state index in [1.54, 1.807) is 22.8 Å². The number of amides is 1. The Bertz CT molecular complexity index is 1090. The zero-order valence-corrected chi connectivity index (χ0v) is 18.2. The molecule has 0 radical (unpaired) electrons. The van der Waals surface area contributed by atoms with Gasteiger partial charge in [-0.05, 0) is 24.1 Å². The van der Waals surface area contributed by atoms with Gasteiger partial charge in [0.1, 0.15) is 0 Å². The highest BCUT2D eigenvalue weighted by molar-refractivity contribution is 7.99. The van der Waals surface area contributed by atoms with E-state index in [-0.39, 0.29) is 35.1 Å². The van der Waals surface area contributed by atoms with Gasteiger partial charge < -0.3 is 4.42 Å². The molecular weight excluding hydrogens is 414 g/mol. The van der Waals surface area contributed by atoms with Crippen LogP contribution in [0.5, 0.6) is 0 Å². The number of halogens is 1. The molecule has 0 bridgehead atoms. The molecule has 154 valence electrons. The molecule has 0 saturated carbocycles. The van der Waals surface area contributed by atoms with Crippen LogP contribution in [0, 0.1) is 5.92 Å². The van der Waals surface area contributed by atoms with Gasteiger partial charge in [0.15, 0.2) is 5.16 Å². The van der Waals surface area contributed by atoms with Gasteiger partial charge in [0.25, 0.3) is 5.56 Å². The first-order valence-electron chi connectivity index (χ1n) is 9.20. The Labute approximate surface area is 177 Å². The minimum absolute atomic E-state index is 0.0447. The zero-order chi connectivity index (χ0) is 21.1. The van der Waals surface area contributed by atoms with Crippen molar-refractivity contribution < 1.29 is 9.21 Å². The van der Waals surface area contributed by atoms with E-state index >= 15 is 0 Å². The number of anilines is 1. The Hall–Kier alpha value is -2.39. The van der Waals surface area contributed by atoms with Crippen molar-refractivity contribution in [1.29, 1.82) is 0 Å². The van der Waals surface area contributed by atoms with Gasteiger partial charge in [-0.3, -0.25) is 19.5 Å². The molecule has 0 spiro atoms. The molecule has 1 aromatic carbocycles. The molecular formula is C19H22ClN5O3S. The third-order valence-electron chi connectivity index (χ3n) is 3.94. The number of carbonyl (C=O) groups excluding carboxylic acids is 1. The molecule has 0 saturated heterocycles. The smallest absolute Gasteiger partial charge is 0.322 e. The normalized spacial score (nSPS) is 11.6. The van der Waals surface area contributed by atoms with Crippen LogP contribution in [0.1, 0.15) is 39.5 Å². The average Bonchev–Trinajstić information content (AvgIpc) is 3.11. The summed E-state index contributed by atoms with van der Waals surface area (Å²) in [5, 5.41) is 11.7. The lowest BCUT2D eigenvalue weighted by Crippen LogP contribution is -2.26. The van der Waals surface area contributed by atoms with Crippen LogP contribution in [-0.2, 0) is 11.3 Å². The molecule has 1 N–H and O–H groups in total. The van der Waals surface area contributed by atoms with Crippen molar-refractivity contribution in [2.45, 2.75) is 45.3 Å². The quantitative estimate of drug-likeness (QED) is 0.442. The van der Waals surface area contributed by atoms with Gasteiger partial charge >= 0.3 is 6.01 Å². The van der Waals surface area contributed by atoms with Crippen LogP contribution in [0.2, 0.25) is 5.02 Å². The summed E-state index contributed by atoms with van der Waals surface area (Å²) in [6.45, 7) is 8.35. The van der Waals surface area contributed by atoms with Crippen LogP contribution < -0.4 is 10.9 Å². The summed E-state index contributed by atoms with van der Waals surface area (Å²) in [4.78, 5) is 29.8.